The monoisotopic (exact) mass is 551 g/mol. The van der Waals surface area contributed by atoms with Crippen LogP contribution in [0.25, 0.3) is 0 Å². The van der Waals surface area contributed by atoms with Gasteiger partial charge < -0.3 is 20.3 Å². The van der Waals surface area contributed by atoms with Crippen LogP contribution in [0.2, 0.25) is 0 Å². The Morgan fingerprint density at radius 1 is 1.19 bits per heavy atom. The molecule has 2 heterocycles. The molecule has 1 aromatic carbocycles. The van der Waals surface area contributed by atoms with Crippen molar-refractivity contribution in [3.05, 3.63) is 53.7 Å². The second-order valence-corrected chi connectivity index (χ2v) is 8.32. The van der Waals surface area contributed by atoms with E-state index in [0.717, 1.165) is 63.0 Å². The molecule has 176 valence electrons. The predicted octanol–water partition coefficient (Wildman–Crippen LogP) is 4.73. The molecule has 1 aromatic heterocycles. The first kappa shape index (κ1) is 26.2. The highest BCUT2D eigenvalue weighted by atomic mass is 127. The molecule has 0 radical (unpaired) electrons. The maximum absolute atomic E-state index is 5.25. The molecule has 0 spiro atoms. The van der Waals surface area contributed by atoms with E-state index < -0.39 is 0 Å². The number of halogens is 1. The molecule has 0 bridgehead atoms. The number of nitrogens with zero attached hydrogens (tertiary/aromatic N) is 3. The summed E-state index contributed by atoms with van der Waals surface area (Å²) >= 11 is 0. The summed E-state index contributed by atoms with van der Waals surface area (Å²) in [6.45, 7) is 10.1. The Hall–Kier alpha value is -2.03. The molecule has 0 aliphatic carbocycles. The van der Waals surface area contributed by atoms with Gasteiger partial charge in [-0.3, -0.25) is 4.99 Å². The van der Waals surface area contributed by atoms with E-state index in [-0.39, 0.29) is 24.0 Å². The van der Waals surface area contributed by atoms with Crippen molar-refractivity contribution < 1.29 is 4.74 Å². The molecule has 1 fully saturated rings. The van der Waals surface area contributed by atoms with Crippen LogP contribution in [-0.4, -0.2) is 50.3 Å². The molecule has 32 heavy (non-hydrogen) atoms. The average Bonchev–Trinajstić information content (AvgIpc) is 2.80. The van der Waals surface area contributed by atoms with Crippen LogP contribution in [0.15, 0.2) is 47.6 Å². The lowest BCUT2D eigenvalue weighted by Crippen LogP contribution is -2.49. The Balaban J connectivity index is 0.00000363. The maximum Gasteiger partial charge on any atom is 0.191 e. The van der Waals surface area contributed by atoms with E-state index in [1.54, 1.807) is 7.11 Å². The van der Waals surface area contributed by atoms with Gasteiger partial charge in [0.25, 0.3) is 0 Å². The van der Waals surface area contributed by atoms with Crippen molar-refractivity contribution in [2.75, 3.05) is 38.2 Å². The van der Waals surface area contributed by atoms with Crippen molar-refractivity contribution in [1.82, 2.24) is 15.6 Å². The Morgan fingerprint density at radius 3 is 2.50 bits per heavy atom. The molecular formula is C25H38IN5O. The Bertz CT molecular complexity index is 817. The van der Waals surface area contributed by atoms with Gasteiger partial charge in [0.1, 0.15) is 11.6 Å². The fourth-order valence-corrected chi connectivity index (χ4v) is 3.88. The lowest BCUT2D eigenvalue weighted by molar-refractivity contribution is 0.414. The number of guanidine groups is 1. The summed E-state index contributed by atoms with van der Waals surface area (Å²) in [5.41, 5.74) is 2.53. The van der Waals surface area contributed by atoms with Crippen LogP contribution in [0.4, 0.5) is 5.82 Å². The molecule has 7 heteroatoms. The van der Waals surface area contributed by atoms with E-state index in [2.05, 4.69) is 65.6 Å². The number of benzene rings is 1. The summed E-state index contributed by atoms with van der Waals surface area (Å²) in [5, 5.41) is 7.05. The molecule has 1 unspecified atom stereocenters. The van der Waals surface area contributed by atoms with Crippen LogP contribution < -0.4 is 20.3 Å². The number of rotatable bonds is 8. The first-order valence-electron chi connectivity index (χ1n) is 11.5. The first-order valence-corrected chi connectivity index (χ1v) is 11.5. The Morgan fingerprint density at radius 2 is 1.91 bits per heavy atom. The van der Waals surface area contributed by atoms with Gasteiger partial charge in [0.15, 0.2) is 5.96 Å². The molecule has 3 rings (SSSR count). The van der Waals surface area contributed by atoms with Crippen LogP contribution in [-0.2, 0) is 0 Å². The van der Waals surface area contributed by atoms with E-state index in [0.29, 0.717) is 12.0 Å². The highest BCUT2D eigenvalue weighted by Gasteiger charge is 2.20. The second-order valence-electron chi connectivity index (χ2n) is 8.32. The van der Waals surface area contributed by atoms with E-state index in [4.69, 9.17) is 9.73 Å². The molecule has 2 aromatic rings. The van der Waals surface area contributed by atoms with Crippen LogP contribution >= 0.6 is 24.0 Å². The summed E-state index contributed by atoms with van der Waals surface area (Å²) in [6.07, 6.45) is 5.13. The topological polar surface area (TPSA) is 61.8 Å². The van der Waals surface area contributed by atoms with Crippen molar-refractivity contribution in [3.8, 4) is 5.75 Å². The van der Waals surface area contributed by atoms with Gasteiger partial charge >= 0.3 is 0 Å². The normalized spacial score (nSPS) is 15.6. The highest BCUT2D eigenvalue weighted by molar-refractivity contribution is 14.0. The van der Waals surface area contributed by atoms with E-state index in [1.165, 1.54) is 11.1 Å². The van der Waals surface area contributed by atoms with Crippen molar-refractivity contribution >= 4 is 35.8 Å². The smallest absolute Gasteiger partial charge is 0.191 e. The first-order chi connectivity index (χ1) is 15.1. The largest absolute Gasteiger partial charge is 0.497 e. The van der Waals surface area contributed by atoms with Crippen LogP contribution in [0.1, 0.15) is 50.2 Å². The number of hydrogen-bond donors (Lipinski definition) is 2. The van der Waals surface area contributed by atoms with Gasteiger partial charge in [0.2, 0.25) is 0 Å². The summed E-state index contributed by atoms with van der Waals surface area (Å²) < 4.78 is 5.25. The molecule has 6 nitrogen and oxygen atoms in total. The summed E-state index contributed by atoms with van der Waals surface area (Å²) in [6, 6.07) is 13.0. The lowest BCUT2D eigenvalue weighted by Gasteiger charge is -2.33. The maximum atomic E-state index is 5.25. The zero-order valence-electron chi connectivity index (χ0n) is 19.8. The molecule has 1 saturated heterocycles. The van der Waals surface area contributed by atoms with E-state index in [9.17, 15) is 0 Å². The number of hydrogen-bond acceptors (Lipinski definition) is 4. The number of anilines is 1. The van der Waals surface area contributed by atoms with Gasteiger partial charge in [-0.15, -0.1) is 24.0 Å². The van der Waals surface area contributed by atoms with Gasteiger partial charge in [-0.1, -0.05) is 25.1 Å². The van der Waals surface area contributed by atoms with Gasteiger partial charge in [-0.05, 0) is 68.4 Å². The van der Waals surface area contributed by atoms with Crippen molar-refractivity contribution in [2.24, 2.45) is 4.99 Å². The van der Waals surface area contributed by atoms with Crippen LogP contribution in [0, 0.1) is 6.92 Å². The average molecular weight is 552 g/mol. The number of methoxy groups -OCH3 is 1. The van der Waals surface area contributed by atoms with Gasteiger partial charge in [-0.2, -0.15) is 0 Å². The third-order valence-electron chi connectivity index (χ3n) is 5.92. The van der Waals surface area contributed by atoms with Gasteiger partial charge in [0, 0.05) is 38.4 Å². The Labute approximate surface area is 210 Å². The molecule has 2 N–H and O–H groups in total. The second kappa shape index (κ2) is 13.5. The number of nitrogens with one attached hydrogen (secondary N) is 2. The molecule has 1 atom stereocenters. The molecule has 0 amide bonds. The minimum Gasteiger partial charge on any atom is -0.497 e. The van der Waals surface area contributed by atoms with Crippen LogP contribution in [0.5, 0.6) is 5.75 Å². The van der Waals surface area contributed by atoms with Gasteiger partial charge in [0.05, 0.1) is 7.11 Å². The fourth-order valence-electron chi connectivity index (χ4n) is 3.88. The zero-order valence-corrected chi connectivity index (χ0v) is 22.1. The predicted molar refractivity (Wildman–Crippen MR) is 145 cm³/mol. The highest BCUT2D eigenvalue weighted by Crippen LogP contribution is 2.22. The number of aromatic nitrogens is 1. The van der Waals surface area contributed by atoms with Crippen molar-refractivity contribution in [3.63, 3.8) is 0 Å². The Kier molecular flexibility index (Phi) is 11.1. The number of aliphatic imine (C=N–C) groups is 1. The molecule has 0 saturated carbocycles. The minimum atomic E-state index is 0. The van der Waals surface area contributed by atoms with Gasteiger partial charge in [-0.25, -0.2) is 4.98 Å². The number of aryl methyl sites for hydroxylation is 1. The minimum absolute atomic E-state index is 0. The standard InChI is InChI=1S/C25H37N5O.HI/c1-5-26-25(27-15-12-20(3)21-7-9-23(31-4)10-8-21)29-22-13-16-30(17-14-22)24-11-6-19(2)18-28-24;/h6-11,18,20,22H,5,12-17H2,1-4H3,(H2,26,27,29);1H. The van der Waals surface area contributed by atoms with Crippen LogP contribution in [0.3, 0.4) is 0 Å². The SMILES string of the molecule is CCNC(=NCCC(C)c1ccc(OC)cc1)NC1CCN(c2ccc(C)cn2)CC1.I. The lowest BCUT2D eigenvalue weighted by atomic mass is 9.98. The number of piperidine rings is 1. The van der Waals surface area contributed by atoms with E-state index in [1.807, 2.05) is 18.3 Å². The fraction of sp³-hybridized carbons (Fsp3) is 0.520. The number of pyridine rings is 1. The quantitative estimate of drug-likeness (QED) is 0.282. The van der Waals surface area contributed by atoms with Crippen molar-refractivity contribution in [2.45, 2.75) is 52.0 Å². The molecule has 1 aliphatic heterocycles. The summed E-state index contributed by atoms with van der Waals surface area (Å²) in [7, 11) is 1.70. The zero-order chi connectivity index (χ0) is 22.1. The third kappa shape index (κ3) is 7.83. The molecule has 1 aliphatic rings. The summed E-state index contributed by atoms with van der Waals surface area (Å²) in [4.78, 5) is 11.8. The summed E-state index contributed by atoms with van der Waals surface area (Å²) in [5.74, 6) is 3.37. The number of ether oxygens (including phenoxy) is 1. The van der Waals surface area contributed by atoms with E-state index >= 15 is 0 Å². The van der Waals surface area contributed by atoms with Crippen molar-refractivity contribution in [1.29, 1.82) is 0 Å². The molecular weight excluding hydrogens is 513 g/mol. The third-order valence-corrected chi connectivity index (χ3v) is 5.92.